The van der Waals surface area contributed by atoms with Crippen molar-refractivity contribution in [2.45, 2.75) is 19.5 Å². The van der Waals surface area contributed by atoms with E-state index >= 15 is 0 Å². The van der Waals surface area contributed by atoms with Crippen LogP contribution in [0.2, 0.25) is 5.02 Å². The Morgan fingerprint density at radius 3 is 2.78 bits per heavy atom. The first-order valence-electron chi connectivity index (χ1n) is 9.97. The number of halogens is 2. The maximum absolute atomic E-state index is 13.4. The molecule has 2 N–H and O–H groups in total. The summed E-state index contributed by atoms with van der Waals surface area (Å²) in [4.78, 5) is 41.1. The Morgan fingerprint density at radius 1 is 1.34 bits per heavy atom. The summed E-state index contributed by atoms with van der Waals surface area (Å²) >= 11 is 5.78. The summed E-state index contributed by atoms with van der Waals surface area (Å²) in [6.07, 6.45) is 0.433. The lowest BCUT2D eigenvalue weighted by molar-refractivity contribution is -0.165. The van der Waals surface area contributed by atoms with Gasteiger partial charge in [-0.05, 0) is 18.2 Å². The number of carbonyl (C=O) groups is 3. The van der Waals surface area contributed by atoms with Gasteiger partial charge in [0.05, 0.1) is 29.7 Å². The van der Waals surface area contributed by atoms with Crippen LogP contribution in [0.15, 0.2) is 18.2 Å². The Balaban J connectivity index is 1.58. The Bertz CT molecular complexity index is 1100. The predicted octanol–water partition coefficient (Wildman–Crippen LogP) is 1.82. The lowest BCUT2D eigenvalue weighted by Gasteiger charge is -2.27. The third-order valence-corrected chi connectivity index (χ3v) is 5.95. The van der Waals surface area contributed by atoms with E-state index in [1.54, 1.807) is 7.05 Å². The van der Waals surface area contributed by atoms with E-state index in [2.05, 4.69) is 10.4 Å². The van der Waals surface area contributed by atoms with Crippen LogP contribution in [0, 0.1) is 11.7 Å². The molecule has 2 aliphatic heterocycles. The maximum atomic E-state index is 13.4. The Kier molecular flexibility index (Phi) is 5.78. The van der Waals surface area contributed by atoms with Crippen molar-refractivity contribution in [3.63, 3.8) is 0 Å². The first-order valence-corrected chi connectivity index (χ1v) is 10.3. The Labute approximate surface area is 188 Å². The molecule has 1 atom stereocenters. The number of amides is 4. The van der Waals surface area contributed by atoms with E-state index in [4.69, 9.17) is 11.6 Å². The van der Waals surface area contributed by atoms with Crippen LogP contribution in [0.4, 0.5) is 14.9 Å². The smallest absolute Gasteiger partial charge is 0.322 e. The number of urea groups is 1. The topological polar surface area (TPSA) is 111 Å². The fraction of sp³-hybridized carbons (Fsp3) is 0.400. The zero-order valence-electron chi connectivity index (χ0n) is 17.5. The molecule has 1 unspecified atom stereocenters. The number of carbonyl (C=O) groups excluding carboxylic acids is 3. The SMILES string of the molecule is CN(O)C(=O)C1CN(C)C(=O)c2c3c(nn2C1)CCN(C(=O)Nc1ccc(F)c(Cl)c1)C3. The number of nitrogens with one attached hydrogen (secondary N) is 1. The molecular weight excluding hydrogens is 443 g/mol. The highest BCUT2D eigenvalue weighted by atomic mass is 35.5. The second-order valence-corrected chi connectivity index (χ2v) is 8.34. The predicted molar refractivity (Wildman–Crippen MR) is 112 cm³/mol. The van der Waals surface area contributed by atoms with E-state index in [-0.39, 0.29) is 30.6 Å². The average molecular weight is 465 g/mol. The van der Waals surface area contributed by atoms with Gasteiger partial charge in [0.1, 0.15) is 11.5 Å². The van der Waals surface area contributed by atoms with E-state index in [0.29, 0.717) is 40.7 Å². The highest BCUT2D eigenvalue weighted by Gasteiger charge is 2.37. The summed E-state index contributed by atoms with van der Waals surface area (Å²) in [7, 11) is 2.83. The number of hydroxylamine groups is 2. The molecule has 32 heavy (non-hydrogen) atoms. The first kappa shape index (κ1) is 22.0. The molecule has 0 radical (unpaired) electrons. The molecular formula is C20H22ClFN6O4. The molecule has 0 spiro atoms. The highest BCUT2D eigenvalue weighted by molar-refractivity contribution is 6.31. The fourth-order valence-corrected chi connectivity index (χ4v) is 4.21. The Morgan fingerprint density at radius 2 is 2.09 bits per heavy atom. The van der Waals surface area contributed by atoms with Gasteiger partial charge >= 0.3 is 6.03 Å². The Hall–Kier alpha value is -3.18. The van der Waals surface area contributed by atoms with Gasteiger partial charge in [-0.2, -0.15) is 5.10 Å². The molecule has 170 valence electrons. The van der Waals surface area contributed by atoms with Crippen LogP contribution in [0.25, 0.3) is 0 Å². The minimum absolute atomic E-state index is 0.100. The number of anilines is 1. The third-order valence-electron chi connectivity index (χ3n) is 5.66. The van der Waals surface area contributed by atoms with E-state index in [1.807, 2.05) is 0 Å². The van der Waals surface area contributed by atoms with Gasteiger partial charge in [0, 0.05) is 44.9 Å². The van der Waals surface area contributed by atoms with Crippen molar-refractivity contribution in [3.05, 3.63) is 46.0 Å². The number of fused-ring (bicyclic) bond motifs is 3. The molecule has 0 aliphatic carbocycles. The largest absolute Gasteiger partial charge is 0.340 e. The van der Waals surface area contributed by atoms with Gasteiger partial charge < -0.3 is 15.1 Å². The van der Waals surface area contributed by atoms with Crippen molar-refractivity contribution < 1.29 is 24.0 Å². The molecule has 0 saturated carbocycles. The quantitative estimate of drug-likeness (QED) is 0.520. The number of nitrogens with zero attached hydrogens (tertiary/aromatic N) is 5. The molecule has 12 heteroatoms. The van der Waals surface area contributed by atoms with Crippen LogP contribution in [0.1, 0.15) is 21.7 Å². The molecule has 3 heterocycles. The van der Waals surface area contributed by atoms with Crippen molar-refractivity contribution >= 4 is 35.1 Å². The normalized spacial score (nSPS) is 18.0. The molecule has 2 aliphatic rings. The first-order chi connectivity index (χ1) is 15.2. The van der Waals surface area contributed by atoms with Gasteiger partial charge in [0.2, 0.25) is 0 Å². The zero-order chi connectivity index (χ0) is 23.2. The maximum Gasteiger partial charge on any atom is 0.322 e. The van der Waals surface area contributed by atoms with Crippen LogP contribution < -0.4 is 5.32 Å². The van der Waals surface area contributed by atoms with Gasteiger partial charge in [-0.3, -0.25) is 19.5 Å². The summed E-state index contributed by atoms with van der Waals surface area (Å²) in [6.45, 7) is 0.804. The van der Waals surface area contributed by atoms with Crippen LogP contribution in [-0.2, 0) is 24.3 Å². The summed E-state index contributed by atoms with van der Waals surface area (Å²) in [5, 5.41) is 17.2. The minimum Gasteiger partial charge on any atom is -0.340 e. The van der Waals surface area contributed by atoms with Gasteiger partial charge in [0.25, 0.3) is 11.8 Å². The summed E-state index contributed by atoms with van der Waals surface area (Å²) in [5.74, 6) is -2.04. The second-order valence-electron chi connectivity index (χ2n) is 7.93. The number of hydrogen-bond donors (Lipinski definition) is 2. The summed E-state index contributed by atoms with van der Waals surface area (Å²) in [5.41, 5.74) is 2.01. The second kappa shape index (κ2) is 8.40. The molecule has 0 bridgehead atoms. The molecule has 4 rings (SSSR count). The van der Waals surface area contributed by atoms with Crippen LogP contribution >= 0.6 is 11.6 Å². The fourth-order valence-electron chi connectivity index (χ4n) is 4.03. The van der Waals surface area contributed by atoms with Crippen molar-refractivity contribution in [1.82, 2.24) is 24.6 Å². The third kappa shape index (κ3) is 4.00. The lowest BCUT2D eigenvalue weighted by atomic mass is 10.0. The average Bonchev–Trinajstić information content (AvgIpc) is 3.05. The summed E-state index contributed by atoms with van der Waals surface area (Å²) < 4.78 is 14.9. The van der Waals surface area contributed by atoms with Crippen molar-refractivity contribution in [1.29, 1.82) is 0 Å². The number of hydrogen-bond acceptors (Lipinski definition) is 5. The zero-order valence-corrected chi connectivity index (χ0v) is 18.3. The summed E-state index contributed by atoms with van der Waals surface area (Å²) in [6, 6.07) is 3.49. The monoisotopic (exact) mass is 464 g/mol. The van der Waals surface area contributed by atoms with E-state index in [9.17, 15) is 24.0 Å². The lowest BCUT2D eigenvalue weighted by Crippen LogP contribution is -2.40. The van der Waals surface area contributed by atoms with E-state index < -0.39 is 23.7 Å². The minimum atomic E-state index is -0.649. The molecule has 1 aromatic carbocycles. The highest BCUT2D eigenvalue weighted by Crippen LogP contribution is 2.27. The molecule has 1 aromatic heterocycles. The van der Waals surface area contributed by atoms with Crippen molar-refractivity contribution in [2.24, 2.45) is 5.92 Å². The van der Waals surface area contributed by atoms with Crippen LogP contribution in [0.5, 0.6) is 0 Å². The van der Waals surface area contributed by atoms with Gasteiger partial charge in [-0.1, -0.05) is 11.6 Å². The molecule has 2 aromatic rings. The molecule has 4 amide bonds. The number of rotatable bonds is 2. The molecule has 0 saturated heterocycles. The number of aromatic nitrogens is 2. The van der Waals surface area contributed by atoms with Gasteiger partial charge in [-0.25, -0.2) is 14.2 Å². The van der Waals surface area contributed by atoms with E-state index in [0.717, 1.165) is 0 Å². The van der Waals surface area contributed by atoms with Crippen molar-refractivity contribution in [3.8, 4) is 0 Å². The van der Waals surface area contributed by atoms with E-state index in [1.165, 1.54) is 39.7 Å². The standard InChI is InChI=1S/C20H22ClFN6O4/c1-25-8-11(18(29)26(2)32)9-28-17(19(25)30)13-10-27(6-5-16(13)24-28)20(31)23-12-3-4-15(22)14(21)7-12/h3-4,7,11,32H,5-6,8-10H2,1-2H3,(H,23,31). The molecule has 0 fully saturated rings. The van der Waals surface area contributed by atoms with Crippen LogP contribution in [-0.4, -0.2) is 74.9 Å². The van der Waals surface area contributed by atoms with Gasteiger partial charge in [-0.15, -0.1) is 0 Å². The van der Waals surface area contributed by atoms with Crippen LogP contribution in [0.3, 0.4) is 0 Å². The number of benzene rings is 1. The van der Waals surface area contributed by atoms with Gasteiger partial charge in [0.15, 0.2) is 0 Å². The van der Waals surface area contributed by atoms with Crippen molar-refractivity contribution in [2.75, 3.05) is 32.5 Å². The molecule has 10 nitrogen and oxygen atoms in total.